The zero-order chi connectivity index (χ0) is 21.8. The number of amides is 2. The second-order valence-corrected chi connectivity index (χ2v) is 7.20. The van der Waals surface area contributed by atoms with Gasteiger partial charge in [-0.3, -0.25) is 9.20 Å². The summed E-state index contributed by atoms with van der Waals surface area (Å²) in [4.78, 5) is 29.2. The first-order chi connectivity index (χ1) is 15.0. The molecule has 2 aromatic carbocycles. The van der Waals surface area contributed by atoms with Crippen LogP contribution in [0.15, 0.2) is 77.7 Å². The molecule has 7 nitrogen and oxygen atoms in total. The predicted molar refractivity (Wildman–Crippen MR) is 121 cm³/mol. The molecule has 0 bridgehead atoms. The summed E-state index contributed by atoms with van der Waals surface area (Å²) in [5.74, 6) is 0.454. The lowest BCUT2D eigenvalue weighted by molar-refractivity contribution is 0.261. The van der Waals surface area contributed by atoms with Crippen molar-refractivity contribution in [3.8, 4) is 5.75 Å². The molecule has 0 saturated carbocycles. The third kappa shape index (κ3) is 4.67. The molecular weight excluding hydrogens is 416 g/mol. The van der Waals surface area contributed by atoms with Crippen LogP contribution in [-0.4, -0.2) is 15.4 Å². The van der Waals surface area contributed by atoms with E-state index in [-0.39, 0.29) is 12.2 Å². The Labute approximate surface area is 183 Å². The summed E-state index contributed by atoms with van der Waals surface area (Å²) >= 11 is 6.11. The molecule has 0 aliphatic heterocycles. The maximum atomic E-state index is 12.5. The number of carbonyl (C=O) groups is 1. The number of nitrogens with zero attached hydrogens (tertiary/aromatic N) is 2. The molecule has 0 aliphatic rings. The Balaban J connectivity index is 1.48. The number of para-hydroxylation sites is 2. The largest absolute Gasteiger partial charge is 0.485 e. The molecule has 0 radical (unpaired) electrons. The van der Waals surface area contributed by atoms with Gasteiger partial charge in [0.25, 0.3) is 5.56 Å². The number of hydrogen-bond acceptors (Lipinski definition) is 4. The van der Waals surface area contributed by atoms with Crippen molar-refractivity contribution in [1.82, 2.24) is 9.38 Å². The van der Waals surface area contributed by atoms with Gasteiger partial charge in [-0.1, -0.05) is 35.9 Å². The SMILES string of the molecule is Cc1c(Cl)cccc1NC(=O)Nc1ccccc1OCc1cc(=O)n2ccccc2n1. The van der Waals surface area contributed by atoms with Gasteiger partial charge < -0.3 is 15.4 Å². The van der Waals surface area contributed by atoms with Crippen molar-refractivity contribution in [2.75, 3.05) is 10.6 Å². The molecule has 0 unspecified atom stereocenters. The average molecular weight is 435 g/mol. The molecule has 0 spiro atoms. The molecule has 0 atom stereocenters. The number of nitrogens with one attached hydrogen (secondary N) is 2. The molecule has 2 aromatic heterocycles. The molecule has 4 rings (SSSR count). The third-order valence-electron chi connectivity index (χ3n) is 4.65. The number of benzene rings is 2. The highest BCUT2D eigenvalue weighted by molar-refractivity contribution is 6.31. The van der Waals surface area contributed by atoms with E-state index in [1.807, 2.05) is 13.0 Å². The van der Waals surface area contributed by atoms with E-state index in [2.05, 4.69) is 15.6 Å². The highest BCUT2D eigenvalue weighted by Crippen LogP contribution is 2.26. The van der Waals surface area contributed by atoms with Crippen LogP contribution in [0.5, 0.6) is 5.75 Å². The third-order valence-corrected chi connectivity index (χ3v) is 5.06. The van der Waals surface area contributed by atoms with Crippen molar-refractivity contribution in [2.45, 2.75) is 13.5 Å². The van der Waals surface area contributed by atoms with E-state index in [1.54, 1.807) is 60.8 Å². The summed E-state index contributed by atoms with van der Waals surface area (Å²) in [6.45, 7) is 1.91. The van der Waals surface area contributed by atoms with E-state index in [9.17, 15) is 9.59 Å². The van der Waals surface area contributed by atoms with Crippen LogP contribution in [0, 0.1) is 6.92 Å². The zero-order valence-corrected chi connectivity index (χ0v) is 17.4. The smallest absolute Gasteiger partial charge is 0.323 e. The highest BCUT2D eigenvalue weighted by Gasteiger charge is 2.11. The van der Waals surface area contributed by atoms with Crippen molar-refractivity contribution >= 4 is 34.7 Å². The van der Waals surface area contributed by atoms with Gasteiger partial charge in [0.2, 0.25) is 0 Å². The lowest BCUT2D eigenvalue weighted by atomic mass is 10.2. The van der Waals surface area contributed by atoms with Gasteiger partial charge in [-0.05, 0) is 48.9 Å². The Hall–Kier alpha value is -3.84. The van der Waals surface area contributed by atoms with Gasteiger partial charge in [0.05, 0.1) is 11.4 Å². The number of halogens is 1. The lowest BCUT2D eigenvalue weighted by Gasteiger charge is -2.14. The second-order valence-electron chi connectivity index (χ2n) is 6.79. The van der Waals surface area contributed by atoms with E-state index in [0.717, 1.165) is 5.56 Å². The Bertz CT molecular complexity index is 1320. The molecule has 8 heteroatoms. The number of aromatic nitrogens is 2. The quantitative estimate of drug-likeness (QED) is 0.469. The van der Waals surface area contributed by atoms with E-state index in [1.165, 1.54) is 10.5 Å². The first-order valence-electron chi connectivity index (χ1n) is 9.53. The Morgan fingerprint density at radius 1 is 1.03 bits per heavy atom. The summed E-state index contributed by atoms with van der Waals surface area (Å²) < 4.78 is 7.31. The van der Waals surface area contributed by atoms with Gasteiger partial charge in [-0.25, -0.2) is 9.78 Å². The Kier molecular flexibility index (Phi) is 5.86. The van der Waals surface area contributed by atoms with Crippen molar-refractivity contribution in [3.63, 3.8) is 0 Å². The van der Waals surface area contributed by atoms with Gasteiger partial charge in [0, 0.05) is 23.0 Å². The average Bonchev–Trinajstić information content (AvgIpc) is 2.76. The summed E-state index contributed by atoms with van der Waals surface area (Å²) in [5.41, 5.74) is 2.71. The second kappa shape index (κ2) is 8.89. The number of ether oxygens (including phenoxy) is 1. The fourth-order valence-corrected chi connectivity index (χ4v) is 3.22. The van der Waals surface area contributed by atoms with Crippen LogP contribution in [0.25, 0.3) is 5.65 Å². The maximum Gasteiger partial charge on any atom is 0.323 e. The van der Waals surface area contributed by atoms with Gasteiger partial charge in [-0.15, -0.1) is 0 Å². The number of urea groups is 1. The topological polar surface area (TPSA) is 84.7 Å². The number of hydrogen-bond donors (Lipinski definition) is 2. The molecule has 0 saturated heterocycles. The van der Waals surface area contributed by atoms with Crippen molar-refractivity contribution in [2.24, 2.45) is 0 Å². The molecule has 2 heterocycles. The summed E-state index contributed by atoms with van der Waals surface area (Å²) in [5, 5.41) is 6.13. The number of rotatable bonds is 5. The molecule has 0 aliphatic carbocycles. The first-order valence-corrected chi connectivity index (χ1v) is 9.91. The summed E-state index contributed by atoms with van der Waals surface area (Å²) in [6.07, 6.45) is 1.66. The molecule has 2 amide bonds. The van der Waals surface area contributed by atoms with Crippen LogP contribution in [0.4, 0.5) is 16.2 Å². The fourth-order valence-electron chi connectivity index (χ4n) is 3.04. The van der Waals surface area contributed by atoms with E-state index < -0.39 is 6.03 Å². The minimum absolute atomic E-state index is 0.0777. The number of anilines is 2. The van der Waals surface area contributed by atoms with Crippen LogP contribution < -0.4 is 20.9 Å². The van der Waals surface area contributed by atoms with Gasteiger partial charge in [0.15, 0.2) is 0 Å². The van der Waals surface area contributed by atoms with Gasteiger partial charge in [0.1, 0.15) is 18.0 Å². The van der Waals surface area contributed by atoms with Crippen molar-refractivity contribution in [3.05, 3.63) is 99.6 Å². The molecule has 31 heavy (non-hydrogen) atoms. The van der Waals surface area contributed by atoms with Gasteiger partial charge in [-0.2, -0.15) is 0 Å². The molecule has 0 fully saturated rings. The van der Waals surface area contributed by atoms with Crippen molar-refractivity contribution < 1.29 is 9.53 Å². The molecule has 4 aromatic rings. The van der Waals surface area contributed by atoms with Crippen molar-refractivity contribution in [1.29, 1.82) is 0 Å². The van der Waals surface area contributed by atoms with E-state index in [0.29, 0.717) is 33.5 Å². The van der Waals surface area contributed by atoms with E-state index in [4.69, 9.17) is 16.3 Å². The van der Waals surface area contributed by atoms with Crippen LogP contribution in [-0.2, 0) is 6.61 Å². The summed E-state index contributed by atoms with van der Waals surface area (Å²) in [7, 11) is 0. The number of carbonyl (C=O) groups excluding carboxylic acids is 1. The Morgan fingerprint density at radius 3 is 2.65 bits per heavy atom. The predicted octanol–water partition coefficient (Wildman–Crippen LogP) is 4.88. The first kappa shape index (κ1) is 20.4. The minimum atomic E-state index is -0.427. The van der Waals surface area contributed by atoms with Crippen LogP contribution in [0.3, 0.4) is 0 Å². The zero-order valence-electron chi connectivity index (χ0n) is 16.6. The Morgan fingerprint density at radius 2 is 1.77 bits per heavy atom. The highest BCUT2D eigenvalue weighted by atomic mass is 35.5. The van der Waals surface area contributed by atoms with Crippen LogP contribution >= 0.6 is 11.6 Å². The minimum Gasteiger partial charge on any atom is -0.485 e. The fraction of sp³-hybridized carbons (Fsp3) is 0.0870. The molecule has 2 N–H and O–H groups in total. The van der Waals surface area contributed by atoms with E-state index >= 15 is 0 Å². The summed E-state index contributed by atoms with van der Waals surface area (Å²) in [6, 6.07) is 18.7. The number of pyridine rings is 1. The lowest BCUT2D eigenvalue weighted by Crippen LogP contribution is -2.20. The normalized spacial score (nSPS) is 10.6. The van der Waals surface area contributed by atoms with Crippen LogP contribution in [0.1, 0.15) is 11.3 Å². The number of fused-ring (bicyclic) bond motifs is 1. The van der Waals surface area contributed by atoms with Crippen LogP contribution in [0.2, 0.25) is 5.02 Å². The van der Waals surface area contributed by atoms with Gasteiger partial charge >= 0.3 is 6.03 Å². The molecule has 156 valence electrons. The maximum absolute atomic E-state index is 12.5. The molecular formula is C23H19ClN4O3. The monoisotopic (exact) mass is 434 g/mol. The standard InChI is InChI=1S/C23H19ClN4O3/c1-15-17(24)7-6-9-18(15)26-23(30)27-19-8-2-3-10-20(19)31-14-16-13-22(29)28-12-5-4-11-21(28)25-16/h2-13H,14H2,1H3,(H2,26,27,30).